The Morgan fingerprint density at radius 2 is 1.49 bits per heavy atom. The number of primary amides is 1. The number of amides is 11. The van der Waals surface area contributed by atoms with Crippen LogP contribution in [-0.2, 0) is 57.5 Å². The maximum absolute atomic E-state index is 13.4. The van der Waals surface area contributed by atoms with Gasteiger partial charge in [0.1, 0.15) is 42.8 Å². The molecule has 8 atom stereocenters. The van der Waals surface area contributed by atoms with Gasteiger partial charge in [0.25, 0.3) is 5.91 Å². The number of aliphatic hydroxyl groups excluding tert-OH is 1. The van der Waals surface area contributed by atoms with Crippen LogP contribution in [0.15, 0.2) is 0 Å². The highest BCUT2D eigenvalue weighted by molar-refractivity contribution is 6.09. The molecule has 11 amide bonds. The molecule has 14 N–H and O–H groups in total. The lowest BCUT2D eigenvalue weighted by atomic mass is 10.0. The molecule has 0 aliphatic carbocycles. The molecule has 2 aliphatic rings. The molecule has 0 saturated carbocycles. The molecule has 2 heterocycles. The molecule has 2 fully saturated rings. The van der Waals surface area contributed by atoms with Crippen LogP contribution in [0.4, 0.5) is 0 Å². The van der Waals surface area contributed by atoms with Gasteiger partial charge in [-0.15, -0.1) is 0 Å². The topological polar surface area (TPSA) is 400 Å². The second kappa shape index (κ2) is 28.0. The molecular weight excluding hydrogens is 885 g/mol. The summed E-state index contributed by atoms with van der Waals surface area (Å²) in [4.78, 5) is 155. The Hall–Kier alpha value is -6.28. The molecule has 0 aromatic rings. The van der Waals surface area contributed by atoms with Crippen LogP contribution in [-0.4, -0.2) is 179 Å². The molecule has 2 rings (SSSR count). The van der Waals surface area contributed by atoms with Gasteiger partial charge in [-0.05, 0) is 71.3 Å². The van der Waals surface area contributed by atoms with Crippen LogP contribution in [0, 0.1) is 5.92 Å². The highest BCUT2D eigenvalue weighted by atomic mass is 16.4. The quantitative estimate of drug-likeness (QED) is 0.0246. The normalized spacial score (nSPS) is 19.0. The van der Waals surface area contributed by atoms with Crippen molar-refractivity contribution in [3.05, 3.63) is 0 Å². The fourth-order valence-electron chi connectivity index (χ4n) is 7.09. The smallest absolute Gasteiger partial charge is 0.326 e. The van der Waals surface area contributed by atoms with Gasteiger partial charge in [0.05, 0.1) is 31.7 Å². The molecular formula is C41H68N12O14. The van der Waals surface area contributed by atoms with Gasteiger partial charge < -0.3 is 69.1 Å². The minimum Gasteiger partial charge on any atom is -0.480 e. The van der Waals surface area contributed by atoms with Gasteiger partial charge in [-0.1, -0.05) is 20.8 Å². The number of carboxylic acid groups (broad SMARTS) is 1. The summed E-state index contributed by atoms with van der Waals surface area (Å²) in [6.07, 6.45) is -0.189. The Kier molecular flexibility index (Phi) is 23.8. The summed E-state index contributed by atoms with van der Waals surface area (Å²) < 4.78 is 0. The number of carbonyl (C=O) groups excluding carboxylic acids is 11. The van der Waals surface area contributed by atoms with E-state index < -0.39 is 145 Å². The number of carboxylic acids is 1. The average Bonchev–Trinajstić information content (AvgIpc) is 3.81. The fraction of sp³-hybridized carbons (Fsp3) is 0.707. The maximum atomic E-state index is 13.4. The lowest BCUT2D eigenvalue weighted by Crippen LogP contribution is -2.56. The number of hydrogen-bond donors (Lipinski definition) is 12. The highest BCUT2D eigenvalue weighted by Crippen LogP contribution is 2.15. The number of aliphatic carboxylic acids is 1. The predicted molar refractivity (Wildman–Crippen MR) is 235 cm³/mol. The van der Waals surface area contributed by atoms with Gasteiger partial charge in [0, 0.05) is 19.5 Å². The van der Waals surface area contributed by atoms with Crippen LogP contribution in [0.2, 0.25) is 0 Å². The Bertz CT molecular complexity index is 1830. The third-order valence-corrected chi connectivity index (χ3v) is 10.8. The SMILES string of the molecule is CCCN(C(=O)CNC(=O)[C@H](C)NC(=O)[C@H](CC(C)C)NC(=O)CN1C(=O)C[C@H](NC(=O)[C@H](CCC(N)=O)NC(=O)CNC(=O)[C@@H]2C[C@@H](O)CN2)C1=O)[C@@H](C)C(=O)N[C@@H](CCCCN)C(=O)O. The number of β-amino-alcohol motifs (C(OH)–C–C–N with tert-alkyl or cyclic N) is 1. The van der Waals surface area contributed by atoms with Crippen molar-refractivity contribution < 1.29 is 67.7 Å². The first-order valence-corrected chi connectivity index (χ1v) is 22.3. The van der Waals surface area contributed by atoms with Crippen molar-refractivity contribution in [2.45, 2.75) is 141 Å². The van der Waals surface area contributed by atoms with Crippen LogP contribution in [0.25, 0.3) is 0 Å². The minimum atomic E-state index is -1.48. The molecule has 26 nitrogen and oxygen atoms in total. The summed E-state index contributed by atoms with van der Waals surface area (Å²) in [5.74, 6) is -10.3. The second-order valence-corrected chi connectivity index (χ2v) is 16.9. The summed E-state index contributed by atoms with van der Waals surface area (Å²) in [6, 6.07) is -8.44. The van der Waals surface area contributed by atoms with Crippen molar-refractivity contribution >= 4 is 70.9 Å². The van der Waals surface area contributed by atoms with E-state index in [2.05, 4.69) is 42.5 Å². The molecule has 0 aromatic carbocycles. The van der Waals surface area contributed by atoms with Crippen molar-refractivity contribution in [1.82, 2.24) is 52.3 Å². The lowest BCUT2D eigenvalue weighted by molar-refractivity contribution is -0.144. The minimum absolute atomic E-state index is 0.0509. The Balaban J connectivity index is 2.00. The summed E-state index contributed by atoms with van der Waals surface area (Å²) >= 11 is 0. The van der Waals surface area contributed by atoms with Gasteiger partial charge in [-0.25, -0.2) is 4.79 Å². The molecule has 376 valence electrons. The first kappa shape index (κ1) is 56.8. The van der Waals surface area contributed by atoms with Crippen molar-refractivity contribution in [3.63, 3.8) is 0 Å². The van der Waals surface area contributed by atoms with E-state index in [4.69, 9.17) is 11.5 Å². The first-order chi connectivity index (χ1) is 31.5. The molecule has 0 aromatic heterocycles. The number of hydrogen-bond acceptors (Lipinski definition) is 15. The van der Waals surface area contributed by atoms with Crippen molar-refractivity contribution in [3.8, 4) is 0 Å². The van der Waals surface area contributed by atoms with Crippen molar-refractivity contribution in [1.29, 1.82) is 0 Å². The molecule has 2 aliphatic heterocycles. The first-order valence-electron chi connectivity index (χ1n) is 22.3. The van der Waals surface area contributed by atoms with Crippen molar-refractivity contribution in [2.75, 3.05) is 39.3 Å². The summed E-state index contributed by atoms with van der Waals surface area (Å²) in [5.41, 5.74) is 10.7. The zero-order chi connectivity index (χ0) is 50.5. The molecule has 0 spiro atoms. The standard InChI is InChI=1S/C41H68N12O14/c1-6-13-52(23(5)36(61)50-26(41(66)67)9-7-8-12-42)34(59)19-46-35(60)22(4)47-39(64)28(14-21(2)3)49-32(57)20-53-33(58)16-29(40(53)65)51-38(63)25(10-11-30(43)55)48-31(56)18-45-37(62)27-15-24(54)17-44-27/h21-29,44,54H,6-20,42H2,1-5H3,(H2,43,55)(H,45,62)(H,46,60)(H,47,64)(H,48,56)(H,49,57)(H,50,61)(H,51,63)(H,66,67)/t22-,23-,24+,25-,26-,27-,28-,29-/m0/s1. The van der Waals surface area contributed by atoms with Gasteiger partial charge in [-0.2, -0.15) is 0 Å². The third-order valence-electron chi connectivity index (χ3n) is 10.8. The number of unbranched alkanes of at least 4 members (excludes halogenated alkanes) is 1. The number of imide groups is 1. The number of nitrogens with two attached hydrogens (primary N) is 2. The molecule has 0 radical (unpaired) electrons. The highest BCUT2D eigenvalue weighted by Gasteiger charge is 2.42. The number of aliphatic hydroxyl groups is 1. The van der Waals surface area contributed by atoms with E-state index in [0.29, 0.717) is 30.7 Å². The molecule has 0 unspecified atom stereocenters. The summed E-state index contributed by atoms with van der Waals surface area (Å²) in [5, 5.41) is 38.8. The van der Waals surface area contributed by atoms with Gasteiger partial charge in [0.15, 0.2) is 0 Å². The van der Waals surface area contributed by atoms with Crippen molar-refractivity contribution in [2.24, 2.45) is 17.4 Å². The zero-order valence-electron chi connectivity index (χ0n) is 38.6. The van der Waals surface area contributed by atoms with E-state index in [-0.39, 0.29) is 51.1 Å². The van der Waals surface area contributed by atoms with Crippen LogP contribution >= 0.6 is 0 Å². The van der Waals surface area contributed by atoms with Gasteiger partial charge in [0.2, 0.25) is 59.1 Å². The summed E-state index contributed by atoms with van der Waals surface area (Å²) in [7, 11) is 0. The van der Waals surface area contributed by atoms with E-state index in [1.165, 1.54) is 18.7 Å². The number of nitrogens with one attached hydrogen (secondary N) is 8. The van der Waals surface area contributed by atoms with Crippen LogP contribution < -0.4 is 54.0 Å². The largest absolute Gasteiger partial charge is 0.480 e. The average molecular weight is 953 g/mol. The lowest BCUT2D eigenvalue weighted by Gasteiger charge is -2.29. The monoisotopic (exact) mass is 952 g/mol. The van der Waals surface area contributed by atoms with E-state index >= 15 is 0 Å². The van der Waals surface area contributed by atoms with E-state index in [0.717, 1.165) is 0 Å². The number of rotatable bonds is 29. The predicted octanol–water partition coefficient (Wildman–Crippen LogP) is -5.70. The maximum Gasteiger partial charge on any atom is 0.326 e. The second-order valence-electron chi connectivity index (χ2n) is 16.9. The Morgan fingerprint density at radius 3 is 2.07 bits per heavy atom. The van der Waals surface area contributed by atoms with Crippen LogP contribution in [0.5, 0.6) is 0 Å². The van der Waals surface area contributed by atoms with Crippen LogP contribution in [0.1, 0.15) is 92.4 Å². The van der Waals surface area contributed by atoms with E-state index in [1.807, 2.05) is 0 Å². The van der Waals surface area contributed by atoms with Gasteiger partial charge >= 0.3 is 5.97 Å². The molecule has 26 heteroatoms. The zero-order valence-corrected chi connectivity index (χ0v) is 38.6. The third kappa shape index (κ3) is 19.2. The van der Waals surface area contributed by atoms with Crippen LogP contribution in [0.3, 0.4) is 0 Å². The number of likely N-dealkylation sites (tertiary alicyclic amines) is 1. The molecule has 0 bridgehead atoms. The molecule has 2 saturated heterocycles. The Labute approximate surface area is 387 Å². The van der Waals surface area contributed by atoms with Gasteiger partial charge in [-0.3, -0.25) is 57.6 Å². The Morgan fingerprint density at radius 1 is 0.821 bits per heavy atom. The molecule has 67 heavy (non-hydrogen) atoms. The summed E-state index contributed by atoms with van der Waals surface area (Å²) in [6.45, 7) is 6.65. The number of nitrogens with zero attached hydrogens (tertiary/aromatic N) is 2. The van der Waals surface area contributed by atoms with E-state index in [9.17, 15) is 67.7 Å². The fourth-order valence-corrected chi connectivity index (χ4v) is 7.09. The number of carbonyl (C=O) groups is 12. The van der Waals surface area contributed by atoms with E-state index in [1.54, 1.807) is 20.8 Å².